The van der Waals surface area contributed by atoms with Gasteiger partial charge in [0.1, 0.15) is 0 Å². The quantitative estimate of drug-likeness (QED) is 0.751. The highest BCUT2D eigenvalue weighted by atomic mass is 16.7. The van der Waals surface area contributed by atoms with E-state index in [2.05, 4.69) is 19.9 Å². The number of aromatic hydroxyl groups is 1. The van der Waals surface area contributed by atoms with Crippen molar-refractivity contribution in [2.45, 2.75) is 13.8 Å². The SMILES string of the molecule is COc1cc2cc(C)c(C)c(-c3ccc4c(c3)OCO4)c2cc1O. The van der Waals surface area contributed by atoms with Gasteiger partial charge in [0.2, 0.25) is 6.79 Å². The zero-order valence-corrected chi connectivity index (χ0v) is 13.8. The molecule has 0 saturated heterocycles. The fourth-order valence-electron chi connectivity index (χ4n) is 3.25. The number of fused-ring (bicyclic) bond motifs is 2. The Morgan fingerprint density at radius 2 is 1.79 bits per heavy atom. The molecule has 1 N–H and O–H groups in total. The molecule has 0 radical (unpaired) electrons. The molecule has 0 spiro atoms. The molecule has 4 nitrogen and oxygen atoms in total. The van der Waals surface area contributed by atoms with Gasteiger partial charge in [-0.05, 0) is 71.1 Å². The second-order valence-corrected chi connectivity index (χ2v) is 6.01. The highest BCUT2D eigenvalue weighted by molar-refractivity contribution is 6.01. The number of methoxy groups -OCH3 is 1. The average Bonchev–Trinajstić information content (AvgIpc) is 3.04. The van der Waals surface area contributed by atoms with E-state index in [0.29, 0.717) is 5.75 Å². The van der Waals surface area contributed by atoms with Crippen LogP contribution < -0.4 is 14.2 Å². The van der Waals surface area contributed by atoms with E-state index in [1.807, 2.05) is 24.3 Å². The molecule has 0 atom stereocenters. The molecule has 0 bridgehead atoms. The molecular formula is C20H18O4. The predicted octanol–water partition coefficient (Wildman–Crippen LogP) is 4.57. The molecule has 3 aromatic carbocycles. The molecule has 1 heterocycles. The third-order valence-electron chi connectivity index (χ3n) is 4.62. The van der Waals surface area contributed by atoms with Gasteiger partial charge in [-0.15, -0.1) is 0 Å². The van der Waals surface area contributed by atoms with Crippen molar-refractivity contribution in [1.82, 2.24) is 0 Å². The zero-order chi connectivity index (χ0) is 16.8. The smallest absolute Gasteiger partial charge is 0.231 e. The van der Waals surface area contributed by atoms with Crippen LogP contribution in [-0.4, -0.2) is 19.0 Å². The van der Waals surface area contributed by atoms with Crippen LogP contribution in [0, 0.1) is 13.8 Å². The van der Waals surface area contributed by atoms with Gasteiger partial charge in [0, 0.05) is 0 Å². The largest absolute Gasteiger partial charge is 0.504 e. The Balaban J connectivity index is 2.03. The maximum Gasteiger partial charge on any atom is 0.231 e. The minimum atomic E-state index is 0.134. The summed E-state index contributed by atoms with van der Waals surface area (Å²) in [5.74, 6) is 2.12. The lowest BCUT2D eigenvalue weighted by Crippen LogP contribution is -1.93. The number of phenolic OH excluding ortho intramolecular Hbond substituents is 1. The van der Waals surface area contributed by atoms with Crippen molar-refractivity contribution < 1.29 is 19.3 Å². The lowest BCUT2D eigenvalue weighted by Gasteiger charge is -2.15. The second kappa shape index (κ2) is 5.34. The molecule has 24 heavy (non-hydrogen) atoms. The second-order valence-electron chi connectivity index (χ2n) is 6.01. The molecule has 122 valence electrons. The summed E-state index contributed by atoms with van der Waals surface area (Å²) < 4.78 is 16.2. The normalized spacial score (nSPS) is 12.6. The number of aryl methyl sites for hydroxylation is 1. The van der Waals surface area contributed by atoms with Crippen LogP contribution in [0.5, 0.6) is 23.0 Å². The van der Waals surface area contributed by atoms with Gasteiger partial charge < -0.3 is 19.3 Å². The summed E-state index contributed by atoms with van der Waals surface area (Å²) >= 11 is 0. The minimum Gasteiger partial charge on any atom is -0.504 e. The summed E-state index contributed by atoms with van der Waals surface area (Å²) in [5, 5.41) is 12.2. The molecular weight excluding hydrogens is 304 g/mol. The Hall–Kier alpha value is -2.88. The molecule has 0 saturated carbocycles. The fraction of sp³-hybridized carbons (Fsp3) is 0.200. The van der Waals surface area contributed by atoms with E-state index in [1.165, 1.54) is 11.1 Å². The molecule has 0 aliphatic carbocycles. The van der Waals surface area contributed by atoms with E-state index in [1.54, 1.807) is 13.2 Å². The lowest BCUT2D eigenvalue weighted by molar-refractivity contribution is 0.174. The summed E-state index contributed by atoms with van der Waals surface area (Å²) in [7, 11) is 1.56. The zero-order valence-electron chi connectivity index (χ0n) is 13.8. The van der Waals surface area contributed by atoms with E-state index >= 15 is 0 Å². The fourth-order valence-corrected chi connectivity index (χ4v) is 3.25. The number of phenols is 1. The number of rotatable bonds is 2. The van der Waals surface area contributed by atoms with E-state index in [-0.39, 0.29) is 12.5 Å². The summed E-state index contributed by atoms with van der Waals surface area (Å²) in [4.78, 5) is 0. The van der Waals surface area contributed by atoms with Gasteiger partial charge in [-0.3, -0.25) is 0 Å². The van der Waals surface area contributed by atoms with Gasteiger partial charge in [0.15, 0.2) is 23.0 Å². The van der Waals surface area contributed by atoms with Gasteiger partial charge in [-0.1, -0.05) is 12.1 Å². The summed E-state index contributed by atoms with van der Waals surface area (Å²) in [6, 6.07) is 11.7. The first-order chi connectivity index (χ1) is 11.6. The van der Waals surface area contributed by atoms with Crippen molar-refractivity contribution in [2.24, 2.45) is 0 Å². The molecule has 4 heteroatoms. The van der Waals surface area contributed by atoms with Crippen LogP contribution in [0.1, 0.15) is 11.1 Å². The van der Waals surface area contributed by atoms with Gasteiger partial charge in [-0.25, -0.2) is 0 Å². The van der Waals surface area contributed by atoms with Crippen LogP contribution in [0.4, 0.5) is 0 Å². The molecule has 0 unspecified atom stereocenters. The molecule has 4 rings (SSSR count). The third kappa shape index (κ3) is 2.14. The summed E-state index contributed by atoms with van der Waals surface area (Å²) in [6.45, 7) is 4.44. The van der Waals surface area contributed by atoms with Gasteiger partial charge in [0.25, 0.3) is 0 Å². The number of hydrogen-bond acceptors (Lipinski definition) is 4. The monoisotopic (exact) mass is 322 g/mol. The van der Waals surface area contributed by atoms with Crippen molar-refractivity contribution in [3.63, 3.8) is 0 Å². The Morgan fingerprint density at radius 1 is 1.00 bits per heavy atom. The molecule has 0 aromatic heterocycles. The van der Waals surface area contributed by atoms with Crippen LogP contribution in [0.3, 0.4) is 0 Å². The Labute approximate surface area is 140 Å². The highest BCUT2D eigenvalue weighted by Crippen LogP contribution is 2.42. The molecule has 3 aromatic rings. The van der Waals surface area contributed by atoms with Crippen molar-refractivity contribution in [2.75, 3.05) is 13.9 Å². The maximum absolute atomic E-state index is 10.2. The number of ether oxygens (including phenoxy) is 3. The van der Waals surface area contributed by atoms with E-state index < -0.39 is 0 Å². The topological polar surface area (TPSA) is 47.9 Å². The Bertz CT molecular complexity index is 960. The van der Waals surface area contributed by atoms with Crippen molar-refractivity contribution in [3.05, 3.63) is 47.5 Å². The minimum absolute atomic E-state index is 0.134. The van der Waals surface area contributed by atoms with Crippen molar-refractivity contribution in [3.8, 4) is 34.1 Å². The Kier molecular flexibility index (Phi) is 3.27. The average molecular weight is 322 g/mol. The van der Waals surface area contributed by atoms with Gasteiger partial charge in [0.05, 0.1) is 7.11 Å². The first-order valence-electron chi connectivity index (χ1n) is 7.79. The van der Waals surface area contributed by atoms with Crippen LogP contribution in [0.15, 0.2) is 36.4 Å². The first-order valence-corrected chi connectivity index (χ1v) is 7.79. The Morgan fingerprint density at radius 3 is 2.58 bits per heavy atom. The summed E-state index contributed by atoms with van der Waals surface area (Å²) in [6.07, 6.45) is 0. The predicted molar refractivity (Wildman–Crippen MR) is 93.2 cm³/mol. The molecule has 0 fully saturated rings. The molecule has 1 aliphatic heterocycles. The number of hydrogen-bond donors (Lipinski definition) is 1. The van der Waals surface area contributed by atoms with E-state index in [9.17, 15) is 5.11 Å². The summed E-state index contributed by atoms with van der Waals surface area (Å²) in [5.41, 5.74) is 4.48. The van der Waals surface area contributed by atoms with Crippen molar-refractivity contribution in [1.29, 1.82) is 0 Å². The molecule has 0 amide bonds. The van der Waals surface area contributed by atoms with Crippen molar-refractivity contribution >= 4 is 10.8 Å². The highest BCUT2D eigenvalue weighted by Gasteiger charge is 2.18. The van der Waals surface area contributed by atoms with Gasteiger partial charge in [-0.2, -0.15) is 0 Å². The molecule has 1 aliphatic rings. The van der Waals surface area contributed by atoms with Crippen LogP contribution >= 0.6 is 0 Å². The third-order valence-corrected chi connectivity index (χ3v) is 4.62. The lowest BCUT2D eigenvalue weighted by atomic mass is 9.90. The van der Waals surface area contributed by atoms with Crippen LogP contribution in [-0.2, 0) is 0 Å². The first kappa shape index (κ1) is 14.7. The standard InChI is InChI=1S/C20H18O4/c1-11-6-14-8-18(22-3)16(21)9-15(14)20(12(11)2)13-4-5-17-19(7-13)24-10-23-17/h4-9,21H,10H2,1-3H3. The maximum atomic E-state index is 10.2. The van der Waals surface area contributed by atoms with E-state index in [4.69, 9.17) is 14.2 Å². The van der Waals surface area contributed by atoms with Crippen LogP contribution in [0.25, 0.3) is 21.9 Å². The number of benzene rings is 3. The van der Waals surface area contributed by atoms with Gasteiger partial charge >= 0.3 is 0 Å². The van der Waals surface area contributed by atoms with Crippen LogP contribution in [0.2, 0.25) is 0 Å². The van der Waals surface area contributed by atoms with E-state index in [0.717, 1.165) is 33.4 Å².